The topological polar surface area (TPSA) is 68.7 Å². The Balaban J connectivity index is 2.08. The summed E-state index contributed by atoms with van der Waals surface area (Å²) in [5, 5.41) is 3.04. The summed E-state index contributed by atoms with van der Waals surface area (Å²) in [6, 6.07) is 0. The van der Waals surface area contributed by atoms with Gasteiger partial charge in [0.15, 0.2) is 0 Å². The molecule has 0 aliphatic carbocycles. The van der Waals surface area contributed by atoms with Crippen LogP contribution in [0.3, 0.4) is 0 Å². The zero-order chi connectivity index (χ0) is 26.3. The van der Waals surface area contributed by atoms with E-state index in [1.165, 1.54) is 11.6 Å². The summed E-state index contributed by atoms with van der Waals surface area (Å²) in [6.07, 6.45) is 16.8. The first-order valence-electron chi connectivity index (χ1n) is 12.9. The average molecular weight is 515 g/mol. The molecule has 198 valence electrons. The Morgan fingerprint density at radius 2 is 1.97 bits per heavy atom. The number of esters is 2. The molecule has 0 spiro atoms. The van der Waals surface area contributed by atoms with Gasteiger partial charge in [-0.1, -0.05) is 41.5 Å². The summed E-state index contributed by atoms with van der Waals surface area (Å²) in [5.41, 5.74) is 3.28. The standard InChI is InChI=1S/C29H42N2O4S/c1-22(17-18-31(4)5)11-6-8-14-26-20-27-30-25(21-36-27)13-7-9-15-28(32)34-24(3)19-23(2)12-10-16-29(33)35-26/h6,10-12,16-17,21,24,26H,7-9,13-15,18-20H2,1-5H3/b11-6+,16-10-,22-17+,23-12+/t24-,26?/m0/s1. The molecule has 2 atom stereocenters. The molecule has 0 N–H and O–H groups in total. The molecule has 7 heteroatoms. The van der Waals surface area contributed by atoms with Crippen LogP contribution in [0.15, 0.2) is 53.0 Å². The Morgan fingerprint density at radius 1 is 1.19 bits per heavy atom. The van der Waals surface area contributed by atoms with Gasteiger partial charge in [-0.3, -0.25) is 4.79 Å². The normalized spacial score (nSPS) is 23.8. The minimum atomic E-state index is -0.357. The third-order valence-corrected chi connectivity index (χ3v) is 6.64. The summed E-state index contributed by atoms with van der Waals surface area (Å²) in [5.74, 6) is -0.518. The van der Waals surface area contributed by atoms with E-state index in [0.717, 1.165) is 54.9 Å². The Kier molecular flexibility index (Phi) is 13.4. The number of nitrogens with zero attached hydrogens (tertiary/aromatic N) is 2. The number of hydrogen-bond acceptors (Lipinski definition) is 7. The second-order valence-corrected chi connectivity index (χ2v) is 10.7. The number of rotatable bonds is 6. The predicted molar refractivity (Wildman–Crippen MR) is 147 cm³/mol. The molecule has 6 nitrogen and oxygen atoms in total. The van der Waals surface area contributed by atoms with Crippen molar-refractivity contribution in [2.45, 2.75) is 84.3 Å². The van der Waals surface area contributed by atoms with Crippen molar-refractivity contribution >= 4 is 23.3 Å². The van der Waals surface area contributed by atoms with Crippen molar-refractivity contribution in [2.75, 3.05) is 20.6 Å². The van der Waals surface area contributed by atoms with Crippen LogP contribution in [0.1, 0.15) is 70.0 Å². The van der Waals surface area contributed by atoms with E-state index < -0.39 is 0 Å². The van der Waals surface area contributed by atoms with Crippen molar-refractivity contribution in [3.8, 4) is 0 Å². The Labute approximate surface area is 220 Å². The molecule has 0 amide bonds. The summed E-state index contributed by atoms with van der Waals surface area (Å²) in [6.45, 7) is 6.86. The first kappa shape index (κ1) is 29.7. The van der Waals surface area contributed by atoms with Gasteiger partial charge in [0.1, 0.15) is 12.2 Å². The van der Waals surface area contributed by atoms with E-state index >= 15 is 0 Å². The number of hydrogen-bond donors (Lipinski definition) is 0. The van der Waals surface area contributed by atoms with Crippen LogP contribution in [0, 0.1) is 0 Å². The molecule has 0 saturated heterocycles. The largest absolute Gasteiger partial charge is 0.462 e. The van der Waals surface area contributed by atoms with E-state index in [0.29, 0.717) is 19.3 Å². The maximum atomic E-state index is 12.5. The Hall–Kier alpha value is -2.51. The quantitative estimate of drug-likeness (QED) is 0.343. The zero-order valence-electron chi connectivity index (χ0n) is 22.5. The molecule has 2 bridgehead atoms. The van der Waals surface area contributed by atoms with Crippen molar-refractivity contribution in [3.05, 3.63) is 63.7 Å². The number of cyclic esters (lactones) is 2. The van der Waals surface area contributed by atoms with Crippen LogP contribution >= 0.6 is 11.3 Å². The Bertz CT molecular complexity index is 958. The fourth-order valence-electron chi connectivity index (χ4n) is 3.82. The summed E-state index contributed by atoms with van der Waals surface area (Å²) < 4.78 is 11.3. The van der Waals surface area contributed by atoms with Gasteiger partial charge in [0, 0.05) is 37.3 Å². The highest BCUT2D eigenvalue weighted by Crippen LogP contribution is 2.19. The molecular weight excluding hydrogens is 472 g/mol. The van der Waals surface area contributed by atoms with E-state index in [4.69, 9.17) is 14.5 Å². The van der Waals surface area contributed by atoms with Crippen molar-refractivity contribution < 1.29 is 19.1 Å². The molecule has 1 aliphatic rings. The molecule has 1 aromatic rings. The van der Waals surface area contributed by atoms with E-state index in [1.54, 1.807) is 17.4 Å². The second-order valence-electron chi connectivity index (χ2n) is 9.77. The number of carbonyl (C=O) groups excluding carboxylic acids is 2. The van der Waals surface area contributed by atoms with E-state index in [-0.39, 0.29) is 24.1 Å². The first-order valence-corrected chi connectivity index (χ1v) is 13.7. The maximum Gasteiger partial charge on any atom is 0.331 e. The number of aryl methyl sites for hydroxylation is 1. The number of fused-ring (bicyclic) bond motifs is 2. The number of likely N-dealkylation sites (N-methyl/N-ethyl adjacent to an activating group) is 1. The van der Waals surface area contributed by atoms with Crippen LogP contribution in [0.4, 0.5) is 0 Å². The summed E-state index contributed by atoms with van der Waals surface area (Å²) >= 11 is 1.61. The molecule has 0 radical (unpaired) electrons. The third kappa shape index (κ3) is 13.0. The van der Waals surface area contributed by atoms with Crippen molar-refractivity contribution in [1.82, 2.24) is 9.88 Å². The van der Waals surface area contributed by atoms with Gasteiger partial charge in [-0.05, 0) is 67.0 Å². The van der Waals surface area contributed by atoms with E-state index in [1.807, 2.05) is 34.0 Å². The SMILES string of the molecule is CC(/C=C/CCC1Cc2nc(cs2)CCCCC(=O)O[C@@H](C)C/C(C)=C/C=C\C(=O)O1)=C\CN(C)C. The van der Waals surface area contributed by atoms with Gasteiger partial charge < -0.3 is 14.4 Å². The lowest BCUT2D eigenvalue weighted by molar-refractivity contribution is -0.148. The van der Waals surface area contributed by atoms with E-state index in [2.05, 4.69) is 35.4 Å². The van der Waals surface area contributed by atoms with Crippen LogP contribution in [-0.2, 0) is 31.9 Å². The maximum absolute atomic E-state index is 12.5. The zero-order valence-corrected chi connectivity index (χ0v) is 23.3. The minimum Gasteiger partial charge on any atom is -0.462 e. The summed E-state index contributed by atoms with van der Waals surface area (Å²) in [7, 11) is 4.10. The monoisotopic (exact) mass is 514 g/mol. The first-order chi connectivity index (χ1) is 17.2. The summed E-state index contributed by atoms with van der Waals surface area (Å²) in [4.78, 5) is 31.5. The fourth-order valence-corrected chi connectivity index (χ4v) is 4.71. The lowest BCUT2D eigenvalue weighted by atomic mass is 10.1. The van der Waals surface area contributed by atoms with Crippen molar-refractivity contribution in [1.29, 1.82) is 0 Å². The average Bonchev–Trinajstić information content (AvgIpc) is 3.24. The highest BCUT2D eigenvalue weighted by Gasteiger charge is 2.16. The molecule has 1 unspecified atom stereocenters. The number of ether oxygens (including phenoxy) is 2. The molecule has 2 heterocycles. The lowest BCUT2D eigenvalue weighted by Crippen LogP contribution is -2.19. The van der Waals surface area contributed by atoms with E-state index in [9.17, 15) is 9.59 Å². The molecule has 0 fully saturated rings. The van der Waals surface area contributed by atoms with Gasteiger partial charge >= 0.3 is 11.9 Å². The second kappa shape index (κ2) is 16.3. The Morgan fingerprint density at radius 3 is 2.75 bits per heavy atom. The van der Waals surface area contributed by atoms with Gasteiger partial charge in [-0.2, -0.15) is 0 Å². The van der Waals surface area contributed by atoms with Crippen molar-refractivity contribution in [3.63, 3.8) is 0 Å². The van der Waals surface area contributed by atoms with Gasteiger partial charge in [0.2, 0.25) is 0 Å². The third-order valence-electron chi connectivity index (χ3n) is 5.72. The predicted octanol–water partition coefficient (Wildman–Crippen LogP) is 5.99. The molecule has 36 heavy (non-hydrogen) atoms. The van der Waals surface area contributed by atoms with Gasteiger partial charge in [0.05, 0.1) is 10.7 Å². The van der Waals surface area contributed by atoms with Gasteiger partial charge in [-0.15, -0.1) is 11.3 Å². The van der Waals surface area contributed by atoms with Crippen LogP contribution in [0.2, 0.25) is 0 Å². The molecule has 0 aromatic carbocycles. The molecule has 0 saturated carbocycles. The number of thiazole rings is 1. The van der Waals surface area contributed by atoms with Crippen LogP contribution in [0.25, 0.3) is 0 Å². The lowest BCUT2D eigenvalue weighted by Gasteiger charge is -2.15. The van der Waals surface area contributed by atoms with Crippen molar-refractivity contribution in [2.24, 2.45) is 0 Å². The number of aromatic nitrogens is 1. The molecule has 1 aliphatic heterocycles. The van der Waals surface area contributed by atoms with Crippen LogP contribution in [-0.4, -0.2) is 54.7 Å². The molecule has 1 aromatic heterocycles. The van der Waals surface area contributed by atoms with Gasteiger partial charge in [0.25, 0.3) is 0 Å². The highest BCUT2D eigenvalue weighted by molar-refractivity contribution is 7.09. The number of allylic oxidation sites excluding steroid dienone is 5. The highest BCUT2D eigenvalue weighted by atomic mass is 32.1. The fraction of sp³-hybridized carbons (Fsp3) is 0.552. The smallest absolute Gasteiger partial charge is 0.331 e. The molecule has 2 rings (SSSR count). The van der Waals surface area contributed by atoms with Crippen LogP contribution < -0.4 is 0 Å². The number of carbonyl (C=O) groups is 2. The minimum absolute atomic E-state index is 0.161. The molecular formula is C29H42N2O4S. The van der Waals surface area contributed by atoms with Gasteiger partial charge in [-0.25, -0.2) is 9.78 Å². The van der Waals surface area contributed by atoms with Crippen LogP contribution in [0.5, 0.6) is 0 Å².